The SMILES string of the molecule is C1=CC2Sc3ccc(-c4ccc5c(-c6cccc7ccccc67)c6ccccc6c(-c6ccccc6-c6ccc7ccccc7c6)c5c4)cc3C2C=C1. The summed E-state index contributed by atoms with van der Waals surface area (Å²) in [6.45, 7) is 0. The van der Waals surface area contributed by atoms with Crippen LogP contribution in [-0.2, 0) is 0 Å². The fourth-order valence-electron chi connectivity index (χ4n) is 8.91. The van der Waals surface area contributed by atoms with Gasteiger partial charge in [0.2, 0.25) is 0 Å². The maximum Gasteiger partial charge on any atom is 0.0381 e. The van der Waals surface area contributed by atoms with Crippen LogP contribution in [0.25, 0.3) is 87.6 Å². The van der Waals surface area contributed by atoms with Crippen molar-refractivity contribution in [3.63, 3.8) is 0 Å². The molecule has 0 saturated heterocycles. The molecule has 2 aliphatic rings. The standard InChI is InChI=1S/C52H34S/c1-2-14-35-30-38(25-24-33(35)12-1)40-17-5-6-19-42(40)52-45-21-8-7-20-44(45)51(43-22-11-15-34-13-3-4-16-39(34)43)46-28-26-36(32-48(46)52)37-27-29-50-47(31-37)41-18-9-10-23-49(41)53-50/h1-32,41,49H. The molecule has 9 aromatic rings. The summed E-state index contributed by atoms with van der Waals surface area (Å²) in [5, 5.41) is 10.6. The van der Waals surface area contributed by atoms with Gasteiger partial charge in [0, 0.05) is 16.1 Å². The molecular weight excluding hydrogens is 657 g/mol. The molecule has 0 bridgehead atoms. The quantitative estimate of drug-likeness (QED) is 0.166. The van der Waals surface area contributed by atoms with Crippen LogP contribution in [0.3, 0.4) is 0 Å². The molecule has 9 aromatic carbocycles. The number of rotatable bonds is 4. The molecule has 1 heterocycles. The van der Waals surface area contributed by atoms with Crippen LogP contribution >= 0.6 is 11.8 Å². The lowest BCUT2D eigenvalue weighted by Gasteiger charge is -2.21. The van der Waals surface area contributed by atoms with Crippen LogP contribution in [-0.4, -0.2) is 5.25 Å². The summed E-state index contributed by atoms with van der Waals surface area (Å²) in [5.41, 5.74) is 11.5. The van der Waals surface area contributed by atoms with Crippen molar-refractivity contribution in [3.8, 4) is 44.5 Å². The van der Waals surface area contributed by atoms with E-state index < -0.39 is 0 Å². The Morgan fingerprint density at radius 3 is 1.83 bits per heavy atom. The second-order valence-electron chi connectivity index (χ2n) is 14.3. The van der Waals surface area contributed by atoms with E-state index in [-0.39, 0.29) is 0 Å². The zero-order chi connectivity index (χ0) is 34.9. The van der Waals surface area contributed by atoms with E-state index in [1.165, 1.54) is 98.1 Å². The van der Waals surface area contributed by atoms with Gasteiger partial charge in [0.25, 0.3) is 0 Å². The Hall–Kier alpha value is -6.15. The van der Waals surface area contributed by atoms with E-state index in [4.69, 9.17) is 0 Å². The van der Waals surface area contributed by atoms with Crippen LogP contribution in [0.5, 0.6) is 0 Å². The number of allylic oxidation sites excluding steroid dienone is 3. The molecule has 0 radical (unpaired) electrons. The van der Waals surface area contributed by atoms with E-state index in [0.29, 0.717) is 11.2 Å². The Morgan fingerprint density at radius 1 is 0.358 bits per heavy atom. The van der Waals surface area contributed by atoms with E-state index in [1.807, 2.05) is 11.8 Å². The van der Waals surface area contributed by atoms with Gasteiger partial charge in [-0.25, -0.2) is 0 Å². The monoisotopic (exact) mass is 690 g/mol. The van der Waals surface area contributed by atoms with Gasteiger partial charge in [0.1, 0.15) is 0 Å². The van der Waals surface area contributed by atoms with Crippen molar-refractivity contribution in [2.75, 3.05) is 0 Å². The predicted octanol–water partition coefficient (Wildman–Crippen LogP) is 14.7. The molecule has 0 saturated carbocycles. The lowest BCUT2D eigenvalue weighted by Crippen LogP contribution is -2.06. The molecule has 0 spiro atoms. The van der Waals surface area contributed by atoms with Gasteiger partial charge in [0.15, 0.2) is 0 Å². The first-order valence-corrected chi connectivity index (χ1v) is 19.4. The highest BCUT2D eigenvalue weighted by molar-refractivity contribution is 8.00. The minimum atomic E-state index is 0.423. The maximum atomic E-state index is 2.47. The molecule has 11 rings (SSSR count). The first-order chi connectivity index (χ1) is 26.3. The first-order valence-electron chi connectivity index (χ1n) is 18.5. The topological polar surface area (TPSA) is 0 Å². The summed E-state index contributed by atoms with van der Waals surface area (Å²) < 4.78 is 0. The largest absolute Gasteiger partial charge is 0.117 e. The summed E-state index contributed by atoms with van der Waals surface area (Å²) in [4.78, 5) is 1.40. The minimum absolute atomic E-state index is 0.423. The van der Waals surface area contributed by atoms with Crippen LogP contribution < -0.4 is 0 Å². The van der Waals surface area contributed by atoms with Gasteiger partial charge in [-0.05, 0) is 117 Å². The van der Waals surface area contributed by atoms with Gasteiger partial charge in [-0.3, -0.25) is 0 Å². The van der Waals surface area contributed by atoms with Gasteiger partial charge in [-0.15, -0.1) is 11.8 Å². The fourth-order valence-corrected chi connectivity index (χ4v) is 10.2. The zero-order valence-electron chi connectivity index (χ0n) is 29.0. The summed E-state index contributed by atoms with van der Waals surface area (Å²) in [7, 11) is 0. The maximum absolute atomic E-state index is 2.47. The van der Waals surface area contributed by atoms with Crippen molar-refractivity contribution in [2.24, 2.45) is 0 Å². The Labute approximate surface area is 313 Å². The molecule has 0 nitrogen and oxygen atoms in total. The fraction of sp³-hybridized carbons (Fsp3) is 0.0385. The molecule has 2 atom stereocenters. The third-order valence-corrected chi connectivity index (χ3v) is 12.7. The molecule has 2 unspecified atom stereocenters. The molecule has 0 amide bonds. The van der Waals surface area contributed by atoms with Crippen molar-refractivity contribution in [1.29, 1.82) is 0 Å². The second kappa shape index (κ2) is 12.2. The Morgan fingerprint density at radius 2 is 0.962 bits per heavy atom. The predicted molar refractivity (Wildman–Crippen MR) is 229 cm³/mol. The molecule has 53 heavy (non-hydrogen) atoms. The second-order valence-corrected chi connectivity index (χ2v) is 15.5. The number of hydrogen-bond donors (Lipinski definition) is 0. The molecular formula is C52H34S. The van der Waals surface area contributed by atoms with Gasteiger partial charge >= 0.3 is 0 Å². The number of fused-ring (bicyclic) bond motifs is 7. The number of benzene rings is 9. The highest BCUT2D eigenvalue weighted by Crippen LogP contribution is 2.51. The zero-order valence-corrected chi connectivity index (χ0v) is 29.9. The van der Waals surface area contributed by atoms with Crippen LogP contribution in [0.15, 0.2) is 199 Å². The summed E-state index contributed by atoms with van der Waals surface area (Å²) >= 11 is 1.99. The Kier molecular flexibility index (Phi) is 7.03. The molecule has 0 aromatic heterocycles. The first kappa shape index (κ1) is 30.5. The highest BCUT2D eigenvalue weighted by Gasteiger charge is 2.31. The van der Waals surface area contributed by atoms with Crippen LogP contribution in [0.1, 0.15) is 11.5 Å². The third-order valence-electron chi connectivity index (χ3n) is 11.4. The van der Waals surface area contributed by atoms with E-state index in [9.17, 15) is 0 Å². The van der Waals surface area contributed by atoms with E-state index >= 15 is 0 Å². The molecule has 0 fully saturated rings. The molecule has 248 valence electrons. The lowest BCUT2D eigenvalue weighted by molar-refractivity contribution is 0.881. The van der Waals surface area contributed by atoms with Crippen molar-refractivity contribution in [1.82, 2.24) is 0 Å². The van der Waals surface area contributed by atoms with Crippen LogP contribution in [0, 0.1) is 0 Å². The van der Waals surface area contributed by atoms with Gasteiger partial charge in [0.05, 0.1) is 0 Å². The van der Waals surface area contributed by atoms with Crippen LogP contribution in [0.4, 0.5) is 0 Å². The summed E-state index contributed by atoms with van der Waals surface area (Å²) in [6, 6.07) is 63.5. The molecule has 1 aliphatic carbocycles. The van der Waals surface area contributed by atoms with Crippen molar-refractivity contribution in [3.05, 3.63) is 200 Å². The lowest BCUT2D eigenvalue weighted by atomic mass is 9.82. The average Bonchev–Trinajstić information content (AvgIpc) is 3.60. The third kappa shape index (κ3) is 4.92. The number of thioether (sulfide) groups is 1. The number of hydrogen-bond acceptors (Lipinski definition) is 1. The minimum Gasteiger partial charge on any atom is -0.117 e. The molecule has 1 aliphatic heterocycles. The van der Waals surface area contributed by atoms with Gasteiger partial charge in [-0.1, -0.05) is 170 Å². The van der Waals surface area contributed by atoms with Crippen molar-refractivity contribution < 1.29 is 0 Å². The molecule has 1 heteroatoms. The summed E-state index contributed by atoms with van der Waals surface area (Å²) in [5.74, 6) is 0.423. The van der Waals surface area contributed by atoms with Gasteiger partial charge in [-0.2, -0.15) is 0 Å². The van der Waals surface area contributed by atoms with E-state index in [1.54, 1.807) is 0 Å². The Balaban J connectivity index is 1.22. The normalized spacial score (nSPS) is 16.1. The molecule has 0 N–H and O–H groups in total. The smallest absolute Gasteiger partial charge is 0.0381 e. The van der Waals surface area contributed by atoms with Gasteiger partial charge < -0.3 is 0 Å². The van der Waals surface area contributed by atoms with E-state index in [2.05, 4.69) is 194 Å². The van der Waals surface area contributed by atoms with Crippen molar-refractivity contribution in [2.45, 2.75) is 16.1 Å². The van der Waals surface area contributed by atoms with Crippen LogP contribution in [0.2, 0.25) is 0 Å². The average molecular weight is 691 g/mol. The summed E-state index contributed by atoms with van der Waals surface area (Å²) in [6.07, 6.45) is 9.13. The highest BCUT2D eigenvalue weighted by atomic mass is 32.2. The van der Waals surface area contributed by atoms with E-state index in [0.717, 1.165) is 0 Å². The Bertz CT molecular complexity index is 2990. The van der Waals surface area contributed by atoms with Crippen molar-refractivity contribution >= 4 is 54.9 Å².